The van der Waals surface area contributed by atoms with Gasteiger partial charge >= 0.3 is 0 Å². The lowest BCUT2D eigenvalue weighted by Gasteiger charge is -2.06. The number of nitrogens with one attached hydrogen (secondary N) is 1. The van der Waals surface area contributed by atoms with E-state index in [0.29, 0.717) is 23.1 Å². The molecule has 130 valence electrons. The fourth-order valence-electron chi connectivity index (χ4n) is 2.80. The maximum atomic E-state index is 12.5. The number of halogens is 1. The molecule has 2 aromatic carbocycles. The molecule has 2 heterocycles. The van der Waals surface area contributed by atoms with Crippen LogP contribution in [0.3, 0.4) is 0 Å². The second-order valence-electron chi connectivity index (χ2n) is 5.99. The van der Waals surface area contributed by atoms with Crippen LogP contribution in [0.5, 0.6) is 0 Å². The third-order valence-electron chi connectivity index (χ3n) is 4.17. The minimum atomic E-state index is -0.197. The molecule has 0 saturated heterocycles. The third kappa shape index (κ3) is 3.19. The Hall–Kier alpha value is -3.12. The maximum absolute atomic E-state index is 12.5. The van der Waals surface area contributed by atoms with Gasteiger partial charge in [0.05, 0.1) is 28.8 Å². The largest absolute Gasteiger partial charge is 0.313 e. The van der Waals surface area contributed by atoms with Crippen LogP contribution >= 0.6 is 11.6 Å². The topological polar surface area (TPSA) is 64.7 Å². The van der Waals surface area contributed by atoms with Gasteiger partial charge in [0.25, 0.3) is 5.91 Å². The zero-order chi connectivity index (χ0) is 18.1. The molecule has 0 aliphatic heterocycles. The van der Waals surface area contributed by atoms with Gasteiger partial charge in [-0.3, -0.25) is 14.8 Å². The zero-order valence-corrected chi connectivity index (χ0v) is 14.8. The molecule has 7 heteroatoms. The van der Waals surface area contributed by atoms with Crippen molar-refractivity contribution < 1.29 is 4.79 Å². The van der Waals surface area contributed by atoms with Crippen LogP contribution in [0.25, 0.3) is 11.0 Å². The van der Waals surface area contributed by atoms with Crippen LogP contribution in [-0.2, 0) is 13.6 Å². The van der Waals surface area contributed by atoms with E-state index in [2.05, 4.69) is 15.4 Å². The van der Waals surface area contributed by atoms with Gasteiger partial charge in [-0.25, -0.2) is 4.98 Å². The molecule has 0 atom stereocenters. The molecule has 26 heavy (non-hydrogen) atoms. The molecular weight excluding hydrogens is 350 g/mol. The molecule has 0 spiro atoms. The number of aryl methyl sites for hydroxylation is 1. The van der Waals surface area contributed by atoms with Crippen LogP contribution in [0.4, 0.5) is 5.95 Å². The summed E-state index contributed by atoms with van der Waals surface area (Å²) in [6.45, 7) is 0.597. The molecule has 1 N–H and O–H groups in total. The summed E-state index contributed by atoms with van der Waals surface area (Å²) >= 11 is 5.87. The van der Waals surface area contributed by atoms with Gasteiger partial charge < -0.3 is 4.57 Å². The average molecular weight is 366 g/mol. The standard InChI is InChI=1S/C19H16ClN5O/c1-24-17-5-3-2-4-16(17)22-19(24)23-18(26)14-8-6-13(7-9-14)11-25-12-15(20)10-21-25/h2-10,12H,11H2,1H3,(H,22,23,26). The molecule has 0 saturated carbocycles. The molecule has 4 aromatic rings. The van der Waals surface area contributed by atoms with Crippen LogP contribution in [0, 0.1) is 0 Å². The van der Waals surface area contributed by atoms with Crippen LogP contribution < -0.4 is 5.32 Å². The number of carbonyl (C=O) groups excluding carboxylic acids is 1. The van der Waals surface area contributed by atoms with Crippen molar-refractivity contribution in [3.05, 3.63) is 77.1 Å². The Kier molecular flexibility index (Phi) is 4.18. The van der Waals surface area contributed by atoms with E-state index in [-0.39, 0.29) is 5.91 Å². The van der Waals surface area contributed by atoms with E-state index in [9.17, 15) is 4.79 Å². The highest BCUT2D eigenvalue weighted by atomic mass is 35.5. The van der Waals surface area contributed by atoms with E-state index in [1.165, 1.54) is 0 Å². The predicted octanol–water partition coefficient (Wildman–Crippen LogP) is 3.72. The minimum Gasteiger partial charge on any atom is -0.313 e. The van der Waals surface area contributed by atoms with Crippen LogP contribution in [-0.4, -0.2) is 25.2 Å². The highest BCUT2D eigenvalue weighted by Crippen LogP contribution is 2.18. The molecule has 2 aromatic heterocycles. The summed E-state index contributed by atoms with van der Waals surface area (Å²) in [5.74, 6) is 0.323. The van der Waals surface area contributed by atoms with Crippen molar-refractivity contribution >= 4 is 34.5 Å². The van der Waals surface area contributed by atoms with E-state index in [1.54, 1.807) is 29.2 Å². The number of aromatic nitrogens is 4. The molecule has 1 amide bonds. The first-order valence-electron chi connectivity index (χ1n) is 8.10. The van der Waals surface area contributed by atoms with Crippen LogP contribution in [0.2, 0.25) is 5.02 Å². The smallest absolute Gasteiger partial charge is 0.257 e. The lowest BCUT2D eigenvalue weighted by Crippen LogP contribution is -2.15. The highest BCUT2D eigenvalue weighted by molar-refractivity contribution is 6.30. The van der Waals surface area contributed by atoms with Crippen LogP contribution in [0.1, 0.15) is 15.9 Å². The van der Waals surface area contributed by atoms with Gasteiger partial charge in [-0.15, -0.1) is 0 Å². The number of fused-ring (bicyclic) bond motifs is 1. The molecule has 0 aliphatic rings. The van der Waals surface area contributed by atoms with Crippen molar-refractivity contribution in [2.75, 3.05) is 5.32 Å². The van der Waals surface area contributed by atoms with Gasteiger partial charge in [-0.2, -0.15) is 5.10 Å². The van der Waals surface area contributed by atoms with Crippen molar-refractivity contribution in [3.63, 3.8) is 0 Å². The van der Waals surface area contributed by atoms with Crippen molar-refractivity contribution in [3.8, 4) is 0 Å². The van der Waals surface area contributed by atoms with Crippen LogP contribution in [0.15, 0.2) is 60.9 Å². The van der Waals surface area contributed by atoms with Gasteiger partial charge in [-0.1, -0.05) is 35.9 Å². The molecule has 0 bridgehead atoms. The monoisotopic (exact) mass is 365 g/mol. The van der Waals surface area contributed by atoms with E-state index in [0.717, 1.165) is 16.6 Å². The van der Waals surface area contributed by atoms with E-state index < -0.39 is 0 Å². The fourth-order valence-corrected chi connectivity index (χ4v) is 2.96. The SMILES string of the molecule is Cn1c(NC(=O)c2ccc(Cn3cc(Cl)cn3)cc2)nc2ccccc21. The molecule has 4 rings (SSSR count). The lowest BCUT2D eigenvalue weighted by molar-refractivity contribution is 0.102. The number of carbonyl (C=O) groups is 1. The maximum Gasteiger partial charge on any atom is 0.257 e. The molecule has 0 unspecified atom stereocenters. The third-order valence-corrected chi connectivity index (χ3v) is 4.37. The van der Waals surface area contributed by atoms with Crippen molar-refractivity contribution in [1.29, 1.82) is 0 Å². The van der Waals surface area contributed by atoms with Crippen molar-refractivity contribution in [2.45, 2.75) is 6.54 Å². The lowest BCUT2D eigenvalue weighted by atomic mass is 10.1. The summed E-state index contributed by atoms with van der Waals surface area (Å²) in [6, 6.07) is 15.1. The van der Waals surface area contributed by atoms with Gasteiger partial charge in [0.15, 0.2) is 0 Å². The summed E-state index contributed by atoms with van der Waals surface area (Å²) in [6.07, 6.45) is 3.36. The number of amides is 1. The molecule has 0 fully saturated rings. The van der Waals surface area contributed by atoms with Gasteiger partial charge in [0, 0.05) is 18.8 Å². The van der Waals surface area contributed by atoms with E-state index >= 15 is 0 Å². The number of imidazole rings is 1. The van der Waals surface area contributed by atoms with Gasteiger partial charge in [-0.05, 0) is 29.8 Å². The Morgan fingerprint density at radius 2 is 1.92 bits per heavy atom. The Balaban J connectivity index is 1.50. The number of nitrogens with zero attached hydrogens (tertiary/aromatic N) is 4. The Labute approximate surface area is 155 Å². The number of hydrogen-bond donors (Lipinski definition) is 1. The van der Waals surface area contributed by atoms with Gasteiger partial charge in [0.1, 0.15) is 0 Å². The number of rotatable bonds is 4. The molecule has 0 radical (unpaired) electrons. The predicted molar refractivity (Wildman–Crippen MR) is 101 cm³/mol. The van der Waals surface area contributed by atoms with Crippen molar-refractivity contribution in [2.24, 2.45) is 7.05 Å². The molecular formula is C19H16ClN5O. The first kappa shape index (κ1) is 16.4. The first-order valence-corrected chi connectivity index (χ1v) is 8.47. The number of anilines is 1. The second kappa shape index (κ2) is 6.65. The molecule has 0 aliphatic carbocycles. The summed E-state index contributed by atoms with van der Waals surface area (Å²) in [4.78, 5) is 17.0. The molecule has 6 nitrogen and oxygen atoms in total. The number of para-hydroxylation sites is 2. The second-order valence-corrected chi connectivity index (χ2v) is 6.43. The zero-order valence-electron chi connectivity index (χ0n) is 14.1. The normalized spacial score (nSPS) is 11.0. The Bertz CT molecular complexity index is 1080. The number of hydrogen-bond acceptors (Lipinski definition) is 3. The Morgan fingerprint density at radius 3 is 2.62 bits per heavy atom. The first-order chi connectivity index (χ1) is 12.6. The van der Waals surface area contributed by atoms with E-state index in [1.807, 2.05) is 48.0 Å². The highest BCUT2D eigenvalue weighted by Gasteiger charge is 2.12. The fraction of sp³-hybridized carbons (Fsp3) is 0.105. The average Bonchev–Trinajstić information content (AvgIpc) is 3.19. The Morgan fingerprint density at radius 1 is 1.15 bits per heavy atom. The minimum absolute atomic E-state index is 0.197. The van der Waals surface area contributed by atoms with Crippen molar-refractivity contribution in [1.82, 2.24) is 19.3 Å². The summed E-state index contributed by atoms with van der Waals surface area (Å²) in [5.41, 5.74) is 3.41. The summed E-state index contributed by atoms with van der Waals surface area (Å²) in [7, 11) is 1.88. The summed E-state index contributed by atoms with van der Waals surface area (Å²) < 4.78 is 3.61. The number of benzene rings is 2. The summed E-state index contributed by atoms with van der Waals surface area (Å²) in [5, 5.41) is 7.62. The van der Waals surface area contributed by atoms with E-state index in [4.69, 9.17) is 11.6 Å². The quantitative estimate of drug-likeness (QED) is 0.599. The van der Waals surface area contributed by atoms with Gasteiger partial charge in [0.2, 0.25) is 5.95 Å².